The normalized spacial score (nSPS) is 12.2. The molecule has 0 aliphatic rings. The molecular formula is C13H10ClF3N2O. The summed E-state index contributed by atoms with van der Waals surface area (Å²) in [5.41, 5.74) is 0.0746. The summed E-state index contributed by atoms with van der Waals surface area (Å²) >= 11 is 6.00. The third kappa shape index (κ3) is 3.19. The van der Waals surface area contributed by atoms with E-state index in [1.807, 2.05) is 0 Å². The van der Waals surface area contributed by atoms with Crippen molar-refractivity contribution in [1.82, 2.24) is 9.97 Å². The van der Waals surface area contributed by atoms with E-state index in [1.165, 1.54) is 19.5 Å². The van der Waals surface area contributed by atoms with Gasteiger partial charge in [0.25, 0.3) is 0 Å². The van der Waals surface area contributed by atoms with Crippen molar-refractivity contribution >= 4 is 11.6 Å². The predicted octanol–water partition coefficient (Wildman–Crippen LogP) is 3.43. The first kappa shape index (κ1) is 14.6. The number of benzene rings is 1. The minimum Gasteiger partial charge on any atom is -0.481 e. The molecule has 1 atom stereocenters. The zero-order valence-electron chi connectivity index (χ0n) is 10.4. The van der Waals surface area contributed by atoms with Crippen LogP contribution in [0.5, 0.6) is 5.88 Å². The highest BCUT2D eigenvalue weighted by Crippen LogP contribution is 2.30. The molecule has 0 N–H and O–H groups in total. The lowest BCUT2D eigenvalue weighted by Crippen LogP contribution is -2.05. The van der Waals surface area contributed by atoms with E-state index in [0.29, 0.717) is 23.7 Å². The lowest BCUT2D eigenvalue weighted by molar-refractivity contribution is 0.396. The first-order valence-electron chi connectivity index (χ1n) is 5.64. The SMILES string of the molecule is COc1cc(CC(Cl)c2c(F)cc(F)cc2F)ncn1. The second-order valence-corrected chi connectivity index (χ2v) is 4.53. The molecule has 2 aromatic rings. The van der Waals surface area contributed by atoms with Gasteiger partial charge in [-0.15, -0.1) is 11.6 Å². The van der Waals surface area contributed by atoms with E-state index in [2.05, 4.69) is 9.97 Å². The Balaban J connectivity index is 2.26. The van der Waals surface area contributed by atoms with Gasteiger partial charge in [-0.2, -0.15) is 0 Å². The number of nitrogens with zero attached hydrogens (tertiary/aromatic N) is 2. The van der Waals surface area contributed by atoms with Gasteiger partial charge < -0.3 is 4.74 Å². The monoisotopic (exact) mass is 302 g/mol. The van der Waals surface area contributed by atoms with Crippen molar-refractivity contribution in [3.63, 3.8) is 0 Å². The van der Waals surface area contributed by atoms with Crippen LogP contribution >= 0.6 is 11.6 Å². The van der Waals surface area contributed by atoms with Gasteiger partial charge in [0.1, 0.15) is 23.8 Å². The Labute approximate surface area is 118 Å². The van der Waals surface area contributed by atoms with E-state index in [0.717, 1.165) is 0 Å². The maximum absolute atomic E-state index is 13.6. The largest absolute Gasteiger partial charge is 0.481 e. The van der Waals surface area contributed by atoms with Gasteiger partial charge in [0.05, 0.1) is 12.5 Å². The van der Waals surface area contributed by atoms with Crippen LogP contribution in [0.25, 0.3) is 0 Å². The molecule has 0 aliphatic heterocycles. The lowest BCUT2D eigenvalue weighted by Gasteiger charge is -2.12. The Morgan fingerprint density at radius 3 is 2.40 bits per heavy atom. The molecule has 106 valence electrons. The summed E-state index contributed by atoms with van der Waals surface area (Å²) in [5, 5.41) is -1.02. The molecule has 7 heteroatoms. The maximum Gasteiger partial charge on any atom is 0.216 e. The van der Waals surface area contributed by atoms with Gasteiger partial charge in [0.2, 0.25) is 5.88 Å². The van der Waals surface area contributed by atoms with Crippen LogP contribution in [0.2, 0.25) is 0 Å². The van der Waals surface area contributed by atoms with Crippen molar-refractivity contribution in [1.29, 1.82) is 0 Å². The summed E-state index contributed by atoms with van der Waals surface area (Å²) < 4.78 is 44.9. The number of rotatable bonds is 4. The quantitative estimate of drug-likeness (QED) is 0.812. The molecule has 0 fully saturated rings. The third-order valence-electron chi connectivity index (χ3n) is 2.65. The van der Waals surface area contributed by atoms with Gasteiger partial charge >= 0.3 is 0 Å². The fraction of sp³-hybridized carbons (Fsp3) is 0.231. The van der Waals surface area contributed by atoms with Crippen LogP contribution in [-0.4, -0.2) is 17.1 Å². The van der Waals surface area contributed by atoms with Crippen molar-refractivity contribution in [2.45, 2.75) is 11.8 Å². The van der Waals surface area contributed by atoms with Crippen LogP contribution in [-0.2, 0) is 6.42 Å². The molecule has 0 saturated heterocycles. The van der Waals surface area contributed by atoms with Crippen LogP contribution < -0.4 is 4.74 Å². The molecule has 0 bridgehead atoms. The van der Waals surface area contributed by atoms with Crippen molar-refractivity contribution < 1.29 is 17.9 Å². The summed E-state index contributed by atoms with van der Waals surface area (Å²) in [6, 6.07) is 2.69. The van der Waals surface area contributed by atoms with Crippen molar-refractivity contribution in [2.75, 3.05) is 7.11 Å². The van der Waals surface area contributed by atoms with Crippen LogP contribution in [0.1, 0.15) is 16.6 Å². The molecule has 0 radical (unpaired) electrons. The number of aromatic nitrogens is 2. The summed E-state index contributed by atoms with van der Waals surface area (Å²) in [7, 11) is 1.43. The number of ether oxygens (including phenoxy) is 1. The van der Waals surface area contributed by atoms with Crippen molar-refractivity contribution in [3.8, 4) is 5.88 Å². The Hall–Kier alpha value is -1.82. The molecule has 0 spiro atoms. The van der Waals surface area contributed by atoms with Crippen LogP contribution in [0.15, 0.2) is 24.5 Å². The van der Waals surface area contributed by atoms with Gasteiger partial charge in [-0.05, 0) is 0 Å². The summed E-state index contributed by atoms with van der Waals surface area (Å²) in [6.07, 6.45) is 1.31. The minimum absolute atomic E-state index is 0.0555. The first-order chi connectivity index (χ1) is 9.51. The topological polar surface area (TPSA) is 35.0 Å². The smallest absolute Gasteiger partial charge is 0.216 e. The van der Waals surface area contributed by atoms with Crippen molar-refractivity contribution in [3.05, 3.63) is 53.2 Å². The molecule has 1 unspecified atom stereocenters. The second kappa shape index (κ2) is 6.09. The van der Waals surface area contributed by atoms with Gasteiger partial charge in [-0.1, -0.05) is 0 Å². The van der Waals surface area contributed by atoms with Gasteiger partial charge in [0, 0.05) is 35.9 Å². The molecule has 1 aromatic carbocycles. The molecule has 1 heterocycles. The van der Waals surface area contributed by atoms with E-state index >= 15 is 0 Å². The Kier molecular flexibility index (Phi) is 4.44. The molecule has 0 amide bonds. The lowest BCUT2D eigenvalue weighted by atomic mass is 10.1. The predicted molar refractivity (Wildman–Crippen MR) is 67.2 cm³/mol. The van der Waals surface area contributed by atoms with Crippen molar-refractivity contribution in [2.24, 2.45) is 0 Å². The molecule has 20 heavy (non-hydrogen) atoms. The third-order valence-corrected chi connectivity index (χ3v) is 3.03. The second-order valence-electron chi connectivity index (χ2n) is 4.01. The fourth-order valence-corrected chi connectivity index (χ4v) is 2.11. The van der Waals surface area contributed by atoms with Gasteiger partial charge in [-0.25, -0.2) is 23.1 Å². The van der Waals surface area contributed by atoms with E-state index in [9.17, 15) is 13.2 Å². The number of alkyl halides is 1. The van der Waals surface area contributed by atoms with E-state index < -0.39 is 22.8 Å². The van der Waals surface area contributed by atoms with Crippen LogP contribution in [0.4, 0.5) is 13.2 Å². The molecular weight excluding hydrogens is 293 g/mol. The summed E-state index contributed by atoms with van der Waals surface area (Å²) in [4.78, 5) is 7.75. The van der Waals surface area contributed by atoms with E-state index in [1.54, 1.807) is 0 Å². The molecule has 3 nitrogen and oxygen atoms in total. The maximum atomic E-state index is 13.6. The Bertz CT molecular complexity index is 601. The first-order valence-corrected chi connectivity index (χ1v) is 6.08. The number of hydrogen-bond donors (Lipinski definition) is 0. The zero-order chi connectivity index (χ0) is 14.7. The highest BCUT2D eigenvalue weighted by atomic mass is 35.5. The average molecular weight is 303 g/mol. The molecule has 0 saturated carbocycles. The highest BCUT2D eigenvalue weighted by Gasteiger charge is 2.20. The van der Waals surface area contributed by atoms with Gasteiger partial charge in [-0.3, -0.25) is 0 Å². The molecule has 1 aromatic heterocycles. The van der Waals surface area contributed by atoms with Crippen LogP contribution in [0, 0.1) is 17.5 Å². The number of methoxy groups -OCH3 is 1. The number of hydrogen-bond acceptors (Lipinski definition) is 3. The highest BCUT2D eigenvalue weighted by molar-refractivity contribution is 6.20. The standard InChI is InChI=1S/C13H10ClF3N2O/c1-20-12-5-8(18-6-19-12)4-9(14)13-10(16)2-7(15)3-11(13)17/h2-3,5-6,9H,4H2,1H3. The van der Waals surface area contributed by atoms with Gasteiger partial charge in [0.15, 0.2) is 0 Å². The van der Waals surface area contributed by atoms with E-state index in [4.69, 9.17) is 16.3 Å². The van der Waals surface area contributed by atoms with E-state index in [-0.39, 0.29) is 12.0 Å². The zero-order valence-corrected chi connectivity index (χ0v) is 11.2. The average Bonchev–Trinajstić information content (AvgIpc) is 2.37. The number of halogens is 4. The summed E-state index contributed by atoms with van der Waals surface area (Å²) in [6.45, 7) is 0. The Morgan fingerprint density at radius 1 is 1.15 bits per heavy atom. The fourth-order valence-electron chi connectivity index (χ4n) is 1.74. The van der Waals surface area contributed by atoms with Crippen LogP contribution in [0.3, 0.4) is 0 Å². The minimum atomic E-state index is -1.02. The summed E-state index contributed by atoms with van der Waals surface area (Å²) in [5.74, 6) is -2.72. The Morgan fingerprint density at radius 2 is 1.80 bits per heavy atom. The molecule has 0 aliphatic carbocycles. The molecule has 2 rings (SSSR count).